The van der Waals surface area contributed by atoms with Crippen LogP contribution in [-0.4, -0.2) is 57.9 Å². The zero-order chi connectivity index (χ0) is 18.9. The van der Waals surface area contributed by atoms with E-state index in [1.165, 1.54) is 20.3 Å². The van der Waals surface area contributed by atoms with Gasteiger partial charge in [-0.05, 0) is 43.7 Å². The number of thioether (sulfide) groups is 1. The average Bonchev–Trinajstić information content (AvgIpc) is 2.61. The van der Waals surface area contributed by atoms with Crippen molar-refractivity contribution in [3.05, 3.63) is 29.3 Å². The fraction of sp³-hybridized carbons (Fsp3) is 0.588. The normalized spacial score (nSPS) is 12.0. The van der Waals surface area contributed by atoms with Gasteiger partial charge in [0, 0.05) is 38.6 Å². The molecule has 0 aliphatic carbocycles. The van der Waals surface area contributed by atoms with Crippen LogP contribution in [0.2, 0.25) is 0 Å². The lowest BCUT2D eigenvalue weighted by Gasteiger charge is -2.17. The summed E-state index contributed by atoms with van der Waals surface area (Å²) >= 11 is 1.74. The standard InChI is InChI=1S/C17H30N4O2S2.HI/c1-6-25(22,23)21(4)11-7-10-19-17(18-3)20-13-15-9-8-14(2)12-16(15)24-5;/h8-9,12H,6-7,10-11,13H2,1-5H3,(H2,18,19,20);1H. The van der Waals surface area contributed by atoms with Gasteiger partial charge in [-0.25, -0.2) is 12.7 Å². The molecular weight excluding hydrogens is 483 g/mol. The van der Waals surface area contributed by atoms with E-state index in [1.807, 2.05) is 0 Å². The zero-order valence-corrected chi connectivity index (χ0v) is 20.2. The number of hydrogen-bond acceptors (Lipinski definition) is 4. The SMILES string of the molecule is CCS(=O)(=O)N(C)CCCNC(=NC)NCc1ccc(C)cc1SC.I. The van der Waals surface area contributed by atoms with E-state index in [-0.39, 0.29) is 29.7 Å². The van der Waals surface area contributed by atoms with Crippen molar-refractivity contribution in [2.75, 3.05) is 39.2 Å². The van der Waals surface area contributed by atoms with Crippen LogP contribution in [0.3, 0.4) is 0 Å². The van der Waals surface area contributed by atoms with E-state index in [0.29, 0.717) is 25.6 Å². The summed E-state index contributed by atoms with van der Waals surface area (Å²) in [5.74, 6) is 0.850. The van der Waals surface area contributed by atoms with E-state index < -0.39 is 10.0 Å². The number of nitrogens with zero attached hydrogens (tertiary/aromatic N) is 2. The summed E-state index contributed by atoms with van der Waals surface area (Å²) in [6.07, 6.45) is 2.79. The fourth-order valence-electron chi connectivity index (χ4n) is 2.27. The summed E-state index contributed by atoms with van der Waals surface area (Å²) in [5.41, 5.74) is 2.48. The first-order valence-corrected chi connectivity index (χ1v) is 11.2. The van der Waals surface area contributed by atoms with Crippen LogP contribution in [0.25, 0.3) is 0 Å². The van der Waals surface area contributed by atoms with Crippen LogP contribution >= 0.6 is 35.7 Å². The smallest absolute Gasteiger partial charge is 0.213 e. The number of aliphatic imine (C=N–C) groups is 1. The molecule has 26 heavy (non-hydrogen) atoms. The number of sulfonamides is 1. The van der Waals surface area contributed by atoms with Crippen molar-refractivity contribution in [1.82, 2.24) is 14.9 Å². The van der Waals surface area contributed by atoms with E-state index in [4.69, 9.17) is 0 Å². The fourth-order valence-corrected chi connectivity index (χ4v) is 3.82. The second-order valence-electron chi connectivity index (χ2n) is 5.74. The molecular formula is C17H31IN4O2S2. The molecule has 0 atom stereocenters. The van der Waals surface area contributed by atoms with Crippen LogP contribution in [0.4, 0.5) is 0 Å². The Morgan fingerprint density at radius 1 is 1.31 bits per heavy atom. The second kappa shape index (κ2) is 12.8. The molecule has 1 rings (SSSR count). The van der Waals surface area contributed by atoms with Gasteiger partial charge in [0.25, 0.3) is 0 Å². The van der Waals surface area contributed by atoms with E-state index in [1.54, 1.807) is 32.8 Å². The molecule has 0 fully saturated rings. The second-order valence-corrected chi connectivity index (χ2v) is 8.96. The van der Waals surface area contributed by atoms with Gasteiger partial charge in [0.15, 0.2) is 5.96 Å². The zero-order valence-electron chi connectivity index (χ0n) is 16.2. The summed E-state index contributed by atoms with van der Waals surface area (Å²) in [4.78, 5) is 5.47. The molecule has 0 heterocycles. The maximum atomic E-state index is 11.7. The highest BCUT2D eigenvalue weighted by Gasteiger charge is 2.13. The Balaban J connectivity index is 0.00000625. The molecule has 0 spiro atoms. The minimum Gasteiger partial charge on any atom is -0.356 e. The molecule has 6 nitrogen and oxygen atoms in total. The van der Waals surface area contributed by atoms with Gasteiger partial charge in [0.1, 0.15) is 0 Å². The Morgan fingerprint density at radius 2 is 2.00 bits per heavy atom. The maximum absolute atomic E-state index is 11.7. The summed E-state index contributed by atoms with van der Waals surface area (Å²) in [6.45, 7) is 5.60. The predicted molar refractivity (Wildman–Crippen MR) is 123 cm³/mol. The molecule has 2 N–H and O–H groups in total. The first-order valence-electron chi connectivity index (χ1n) is 8.36. The number of benzene rings is 1. The quantitative estimate of drug-likeness (QED) is 0.174. The van der Waals surface area contributed by atoms with Crippen LogP contribution in [0.15, 0.2) is 28.1 Å². The Labute approximate surface area is 179 Å². The largest absolute Gasteiger partial charge is 0.356 e. The van der Waals surface area contributed by atoms with Gasteiger partial charge in [-0.3, -0.25) is 4.99 Å². The molecule has 0 unspecified atom stereocenters. The summed E-state index contributed by atoms with van der Waals surface area (Å²) in [6, 6.07) is 6.42. The molecule has 0 aliphatic heterocycles. The van der Waals surface area contributed by atoms with Crippen molar-refractivity contribution in [1.29, 1.82) is 0 Å². The molecule has 0 aliphatic rings. The van der Waals surface area contributed by atoms with Crippen LogP contribution in [-0.2, 0) is 16.6 Å². The van der Waals surface area contributed by atoms with Crippen molar-refractivity contribution < 1.29 is 8.42 Å². The molecule has 9 heteroatoms. The number of nitrogens with one attached hydrogen (secondary N) is 2. The van der Waals surface area contributed by atoms with Crippen LogP contribution in [0.1, 0.15) is 24.5 Å². The Hall–Kier alpha value is -0.520. The first kappa shape index (κ1) is 25.5. The monoisotopic (exact) mass is 514 g/mol. The molecule has 1 aromatic carbocycles. The number of halogens is 1. The minimum absolute atomic E-state index is 0. The highest BCUT2D eigenvalue weighted by molar-refractivity contribution is 14.0. The van der Waals surface area contributed by atoms with Crippen molar-refractivity contribution in [2.24, 2.45) is 4.99 Å². The van der Waals surface area contributed by atoms with Gasteiger partial charge < -0.3 is 10.6 Å². The first-order chi connectivity index (χ1) is 11.8. The molecule has 0 aromatic heterocycles. The summed E-state index contributed by atoms with van der Waals surface area (Å²) in [5, 5.41) is 6.53. The Morgan fingerprint density at radius 3 is 2.58 bits per heavy atom. The van der Waals surface area contributed by atoms with Gasteiger partial charge in [-0.15, -0.1) is 35.7 Å². The number of hydrogen-bond donors (Lipinski definition) is 2. The van der Waals surface area contributed by atoms with E-state index in [2.05, 4.69) is 47.0 Å². The van der Waals surface area contributed by atoms with E-state index >= 15 is 0 Å². The molecule has 0 radical (unpaired) electrons. The third kappa shape index (κ3) is 8.45. The molecule has 150 valence electrons. The van der Waals surface area contributed by atoms with Gasteiger partial charge in [-0.2, -0.15) is 0 Å². The highest BCUT2D eigenvalue weighted by Crippen LogP contribution is 2.21. The minimum atomic E-state index is -3.10. The molecule has 0 saturated carbocycles. The van der Waals surface area contributed by atoms with Crippen LogP contribution in [0, 0.1) is 6.92 Å². The van der Waals surface area contributed by atoms with Crippen molar-refractivity contribution in [3.8, 4) is 0 Å². The maximum Gasteiger partial charge on any atom is 0.213 e. The summed E-state index contributed by atoms with van der Waals surface area (Å²) < 4.78 is 24.8. The predicted octanol–water partition coefficient (Wildman–Crippen LogP) is 2.67. The van der Waals surface area contributed by atoms with Crippen molar-refractivity contribution >= 4 is 51.7 Å². The van der Waals surface area contributed by atoms with Crippen LogP contribution < -0.4 is 10.6 Å². The topological polar surface area (TPSA) is 73.8 Å². The van der Waals surface area contributed by atoms with Crippen molar-refractivity contribution in [2.45, 2.75) is 31.7 Å². The Bertz CT molecular complexity index is 681. The Kier molecular flexibility index (Phi) is 12.5. The lowest BCUT2D eigenvalue weighted by atomic mass is 10.1. The number of guanidine groups is 1. The number of rotatable bonds is 9. The van der Waals surface area contributed by atoms with E-state index in [9.17, 15) is 8.42 Å². The lowest BCUT2D eigenvalue weighted by molar-refractivity contribution is 0.461. The average molecular weight is 514 g/mol. The summed E-state index contributed by atoms with van der Waals surface area (Å²) in [7, 11) is 0.243. The molecule has 0 saturated heterocycles. The van der Waals surface area contributed by atoms with E-state index in [0.717, 1.165) is 6.42 Å². The molecule has 0 amide bonds. The van der Waals surface area contributed by atoms with Gasteiger partial charge in [0.2, 0.25) is 10.0 Å². The number of aryl methyl sites for hydroxylation is 1. The highest BCUT2D eigenvalue weighted by atomic mass is 127. The van der Waals surface area contributed by atoms with Gasteiger partial charge in [-0.1, -0.05) is 12.1 Å². The molecule has 1 aromatic rings. The van der Waals surface area contributed by atoms with Crippen LogP contribution in [0.5, 0.6) is 0 Å². The third-order valence-electron chi connectivity index (χ3n) is 3.89. The lowest BCUT2D eigenvalue weighted by Crippen LogP contribution is -2.38. The van der Waals surface area contributed by atoms with Gasteiger partial charge >= 0.3 is 0 Å². The third-order valence-corrected chi connectivity index (χ3v) is 6.58. The molecule has 0 bridgehead atoms. The van der Waals surface area contributed by atoms with Crippen molar-refractivity contribution in [3.63, 3.8) is 0 Å². The van der Waals surface area contributed by atoms with Gasteiger partial charge in [0.05, 0.1) is 5.75 Å².